The van der Waals surface area contributed by atoms with Gasteiger partial charge in [-0.15, -0.1) is 0 Å². The van der Waals surface area contributed by atoms with Crippen LogP contribution in [0.1, 0.15) is 26.7 Å². The van der Waals surface area contributed by atoms with Crippen LogP contribution >= 0.6 is 27.5 Å². The number of carbonyl (C=O) groups is 1. The minimum atomic E-state index is 0.0308. The van der Waals surface area contributed by atoms with Crippen LogP contribution in [0.25, 0.3) is 10.9 Å². The van der Waals surface area contributed by atoms with E-state index >= 15 is 0 Å². The maximum absolute atomic E-state index is 11.8. The molecule has 2 aromatic rings. The molecule has 3 rings (SSSR count). The molecule has 4 nitrogen and oxygen atoms in total. The van der Waals surface area contributed by atoms with Crippen molar-refractivity contribution in [1.29, 1.82) is 0 Å². The Hall–Kier alpha value is -1.33. The summed E-state index contributed by atoms with van der Waals surface area (Å²) >= 11 is 9.83. The highest BCUT2D eigenvalue weighted by molar-refractivity contribution is 9.10. The molecular weight excluding hydrogens is 402 g/mol. The largest absolute Gasteiger partial charge is 0.356 e. The fourth-order valence-electron chi connectivity index (χ4n) is 3.21. The highest BCUT2D eigenvalue weighted by atomic mass is 79.9. The normalized spacial score (nSPS) is 18.0. The van der Waals surface area contributed by atoms with Gasteiger partial charge in [-0.05, 0) is 43.0 Å². The van der Waals surface area contributed by atoms with Gasteiger partial charge in [0.1, 0.15) is 5.82 Å². The van der Waals surface area contributed by atoms with Crippen molar-refractivity contribution in [2.45, 2.75) is 26.7 Å². The van der Waals surface area contributed by atoms with E-state index in [1.54, 1.807) is 0 Å². The molecule has 1 aromatic carbocycles. The molecule has 25 heavy (non-hydrogen) atoms. The number of nitrogens with zero attached hydrogens (tertiary/aromatic N) is 2. The summed E-state index contributed by atoms with van der Waals surface area (Å²) in [5.41, 5.74) is 0.831. The van der Waals surface area contributed by atoms with Crippen molar-refractivity contribution in [2.75, 3.05) is 24.5 Å². The minimum Gasteiger partial charge on any atom is -0.356 e. The molecule has 0 radical (unpaired) electrons. The summed E-state index contributed by atoms with van der Waals surface area (Å²) in [5.74, 6) is 1.56. The summed E-state index contributed by atoms with van der Waals surface area (Å²) in [6, 6.07) is 8.03. The molecule has 1 N–H and O–H groups in total. The van der Waals surface area contributed by atoms with Crippen molar-refractivity contribution in [1.82, 2.24) is 10.3 Å². The fraction of sp³-hybridized carbons (Fsp3) is 0.474. The van der Waals surface area contributed by atoms with Gasteiger partial charge in [0.15, 0.2) is 0 Å². The summed E-state index contributed by atoms with van der Waals surface area (Å²) < 4.78 is 0.957. The third-order valence-corrected chi connectivity index (χ3v) is 5.37. The number of benzene rings is 1. The van der Waals surface area contributed by atoms with E-state index in [2.05, 4.69) is 38.3 Å². The first-order chi connectivity index (χ1) is 11.9. The van der Waals surface area contributed by atoms with Gasteiger partial charge in [-0.25, -0.2) is 4.98 Å². The molecule has 0 bridgehead atoms. The van der Waals surface area contributed by atoms with Gasteiger partial charge in [0.2, 0.25) is 5.91 Å². The van der Waals surface area contributed by atoms with Gasteiger partial charge in [-0.3, -0.25) is 4.79 Å². The zero-order valence-corrected chi connectivity index (χ0v) is 16.9. The molecule has 0 aliphatic carbocycles. The number of pyridine rings is 1. The van der Waals surface area contributed by atoms with Crippen LogP contribution < -0.4 is 10.2 Å². The molecule has 6 heteroatoms. The second-order valence-electron chi connectivity index (χ2n) is 6.98. The number of nitrogens with one attached hydrogen (secondary N) is 1. The fourth-order valence-corrected chi connectivity index (χ4v) is 4.09. The highest BCUT2D eigenvalue weighted by Crippen LogP contribution is 2.30. The average Bonchev–Trinajstić information content (AvgIpc) is 2.59. The summed E-state index contributed by atoms with van der Waals surface area (Å²) in [6.07, 6.45) is 2.24. The predicted octanol–water partition coefficient (Wildman–Crippen LogP) is 4.64. The summed E-state index contributed by atoms with van der Waals surface area (Å²) in [4.78, 5) is 18.9. The van der Waals surface area contributed by atoms with E-state index < -0.39 is 0 Å². The van der Waals surface area contributed by atoms with E-state index in [9.17, 15) is 4.79 Å². The maximum atomic E-state index is 11.8. The Kier molecular flexibility index (Phi) is 5.85. The monoisotopic (exact) mass is 423 g/mol. The molecule has 1 aromatic heterocycles. The topological polar surface area (TPSA) is 45.2 Å². The quantitative estimate of drug-likeness (QED) is 0.777. The molecule has 0 saturated carbocycles. The van der Waals surface area contributed by atoms with E-state index in [1.165, 1.54) is 0 Å². The van der Waals surface area contributed by atoms with Gasteiger partial charge in [-0.1, -0.05) is 41.4 Å². The number of amides is 1. The van der Waals surface area contributed by atoms with Crippen LogP contribution in [0.5, 0.6) is 0 Å². The highest BCUT2D eigenvalue weighted by Gasteiger charge is 2.22. The van der Waals surface area contributed by atoms with E-state index in [4.69, 9.17) is 16.6 Å². The lowest BCUT2D eigenvalue weighted by Gasteiger charge is -2.34. The smallest absolute Gasteiger partial charge is 0.222 e. The van der Waals surface area contributed by atoms with Crippen molar-refractivity contribution >= 4 is 50.2 Å². The van der Waals surface area contributed by atoms with E-state index in [1.807, 2.05) is 26.0 Å². The van der Waals surface area contributed by atoms with Crippen LogP contribution in [0.2, 0.25) is 5.02 Å². The Morgan fingerprint density at radius 1 is 1.44 bits per heavy atom. The second kappa shape index (κ2) is 7.92. The summed E-state index contributed by atoms with van der Waals surface area (Å²) in [5, 5.41) is 4.74. The van der Waals surface area contributed by atoms with Crippen LogP contribution in [0.4, 0.5) is 5.82 Å². The Morgan fingerprint density at radius 3 is 3.00 bits per heavy atom. The van der Waals surface area contributed by atoms with E-state index in [0.29, 0.717) is 10.9 Å². The SMILES string of the molecule is CC(C)C(=O)NCC1CCCN(c2ccc3cc(Br)cc(Cl)c3n2)C1. The number of fused-ring (bicyclic) bond motifs is 1. The third kappa shape index (κ3) is 4.45. The second-order valence-corrected chi connectivity index (χ2v) is 8.31. The number of hydrogen-bond acceptors (Lipinski definition) is 3. The summed E-state index contributed by atoms with van der Waals surface area (Å²) in [7, 11) is 0. The Balaban J connectivity index is 1.73. The Labute approximate surface area is 162 Å². The standard InChI is InChI=1S/C19H23BrClN3O/c1-12(2)19(25)22-10-13-4-3-7-24(11-13)17-6-5-14-8-15(20)9-16(21)18(14)23-17/h5-6,8-9,12-13H,3-4,7,10-11H2,1-2H3,(H,22,25). The number of carbonyl (C=O) groups excluding carboxylic acids is 1. The van der Waals surface area contributed by atoms with Gasteiger partial charge in [0.25, 0.3) is 0 Å². The average molecular weight is 425 g/mol. The number of anilines is 1. The van der Waals surface area contributed by atoms with Crippen LogP contribution in [0, 0.1) is 11.8 Å². The summed E-state index contributed by atoms with van der Waals surface area (Å²) in [6.45, 7) is 6.47. The van der Waals surface area contributed by atoms with Gasteiger partial charge < -0.3 is 10.2 Å². The molecule has 0 spiro atoms. The minimum absolute atomic E-state index is 0.0308. The maximum Gasteiger partial charge on any atom is 0.222 e. The molecule has 1 amide bonds. The Morgan fingerprint density at radius 2 is 2.24 bits per heavy atom. The van der Waals surface area contributed by atoms with Gasteiger partial charge in [-0.2, -0.15) is 0 Å². The van der Waals surface area contributed by atoms with E-state index in [-0.39, 0.29) is 11.8 Å². The molecule has 1 aliphatic heterocycles. The molecule has 1 saturated heterocycles. The molecule has 1 unspecified atom stereocenters. The molecule has 1 atom stereocenters. The number of rotatable bonds is 4. The van der Waals surface area contributed by atoms with Crippen molar-refractivity contribution in [3.63, 3.8) is 0 Å². The number of halogens is 2. The van der Waals surface area contributed by atoms with Gasteiger partial charge in [0.05, 0.1) is 10.5 Å². The first-order valence-corrected chi connectivity index (χ1v) is 9.89. The molecule has 134 valence electrons. The molecular formula is C19H23BrClN3O. The lowest BCUT2D eigenvalue weighted by molar-refractivity contribution is -0.124. The van der Waals surface area contributed by atoms with Crippen LogP contribution in [0.15, 0.2) is 28.7 Å². The molecule has 1 fully saturated rings. The zero-order valence-electron chi connectivity index (χ0n) is 14.6. The van der Waals surface area contributed by atoms with E-state index in [0.717, 1.165) is 53.7 Å². The van der Waals surface area contributed by atoms with Crippen molar-refractivity contribution < 1.29 is 4.79 Å². The van der Waals surface area contributed by atoms with Crippen LogP contribution in [0.3, 0.4) is 0 Å². The van der Waals surface area contributed by atoms with Gasteiger partial charge in [0, 0.05) is 35.4 Å². The van der Waals surface area contributed by atoms with Gasteiger partial charge >= 0.3 is 0 Å². The van der Waals surface area contributed by atoms with Crippen molar-refractivity contribution in [3.05, 3.63) is 33.8 Å². The Bertz CT molecular complexity index is 781. The predicted molar refractivity (Wildman–Crippen MR) is 107 cm³/mol. The van der Waals surface area contributed by atoms with Crippen LogP contribution in [-0.2, 0) is 4.79 Å². The van der Waals surface area contributed by atoms with Crippen molar-refractivity contribution in [3.8, 4) is 0 Å². The first-order valence-electron chi connectivity index (χ1n) is 8.72. The first kappa shape index (κ1) is 18.5. The number of piperidine rings is 1. The number of aromatic nitrogens is 1. The zero-order chi connectivity index (χ0) is 18.0. The lowest BCUT2D eigenvalue weighted by Crippen LogP contribution is -2.42. The third-order valence-electron chi connectivity index (χ3n) is 4.63. The lowest BCUT2D eigenvalue weighted by atomic mass is 9.97. The molecule has 2 heterocycles. The van der Waals surface area contributed by atoms with Crippen molar-refractivity contribution in [2.24, 2.45) is 11.8 Å². The number of hydrogen-bond donors (Lipinski definition) is 1. The van der Waals surface area contributed by atoms with Crippen LogP contribution in [-0.4, -0.2) is 30.5 Å². The molecule has 1 aliphatic rings.